The van der Waals surface area contributed by atoms with E-state index in [9.17, 15) is 0 Å². The summed E-state index contributed by atoms with van der Waals surface area (Å²) in [5.41, 5.74) is 10.1. The standard InChI is InChI=1S/C15H12N4/c1-10-4-2-6-12(8-10)19-13-7-3-5-11(9-16)14(13)18-15(19)17/h2-8H,1H3,(H2,17,18). The van der Waals surface area contributed by atoms with Gasteiger partial charge in [-0.25, -0.2) is 4.98 Å². The minimum absolute atomic E-state index is 0.392. The highest BCUT2D eigenvalue weighted by Gasteiger charge is 2.12. The monoisotopic (exact) mass is 248 g/mol. The molecule has 4 heteroatoms. The zero-order valence-electron chi connectivity index (χ0n) is 10.5. The summed E-state index contributed by atoms with van der Waals surface area (Å²) in [6, 6.07) is 15.7. The number of aryl methyl sites for hydroxylation is 1. The Bertz CT molecular complexity index is 809. The van der Waals surface area contributed by atoms with E-state index in [0.717, 1.165) is 16.8 Å². The van der Waals surface area contributed by atoms with Crippen molar-refractivity contribution in [3.8, 4) is 11.8 Å². The molecule has 0 aliphatic heterocycles. The number of hydrogen-bond acceptors (Lipinski definition) is 3. The van der Waals surface area contributed by atoms with Crippen molar-refractivity contribution in [3.05, 3.63) is 53.6 Å². The van der Waals surface area contributed by atoms with Crippen molar-refractivity contribution >= 4 is 17.0 Å². The minimum Gasteiger partial charge on any atom is -0.369 e. The smallest absolute Gasteiger partial charge is 0.205 e. The van der Waals surface area contributed by atoms with Gasteiger partial charge in [-0.15, -0.1) is 0 Å². The summed E-state index contributed by atoms with van der Waals surface area (Å²) in [6.07, 6.45) is 0. The molecule has 0 aliphatic rings. The average Bonchev–Trinajstić information content (AvgIpc) is 2.74. The zero-order valence-corrected chi connectivity index (χ0v) is 10.5. The summed E-state index contributed by atoms with van der Waals surface area (Å²) in [4.78, 5) is 4.31. The first-order valence-electron chi connectivity index (χ1n) is 5.95. The Kier molecular flexibility index (Phi) is 2.46. The number of anilines is 1. The molecule has 0 saturated heterocycles. The van der Waals surface area contributed by atoms with Crippen molar-refractivity contribution < 1.29 is 0 Å². The summed E-state index contributed by atoms with van der Waals surface area (Å²) in [6.45, 7) is 2.03. The van der Waals surface area contributed by atoms with Gasteiger partial charge in [-0.05, 0) is 36.8 Å². The van der Waals surface area contributed by atoms with Crippen LogP contribution >= 0.6 is 0 Å². The lowest BCUT2D eigenvalue weighted by Gasteiger charge is -2.07. The SMILES string of the molecule is Cc1cccc(-n2c(N)nc3c(C#N)cccc32)c1. The largest absolute Gasteiger partial charge is 0.369 e. The highest BCUT2D eigenvalue weighted by atomic mass is 15.2. The number of para-hydroxylation sites is 1. The molecule has 0 atom stereocenters. The van der Waals surface area contributed by atoms with Gasteiger partial charge in [-0.1, -0.05) is 18.2 Å². The number of nitrogen functional groups attached to an aromatic ring is 1. The first-order valence-corrected chi connectivity index (χ1v) is 5.95. The highest BCUT2D eigenvalue weighted by molar-refractivity contribution is 5.85. The first-order chi connectivity index (χ1) is 9.20. The molecular weight excluding hydrogens is 236 g/mol. The van der Waals surface area contributed by atoms with Crippen LogP contribution in [0.15, 0.2) is 42.5 Å². The number of fused-ring (bicyclic) bond motifs is 1. The van der Waals surface area contributed by atoms with Crippen molar-refractivity contribution in [1.29, 1.82) is 5.26 Å². The second-order valence-electron chi connectivity index (χ2n) is 4.43. The van der Waals surface area contributed by atoms with Gasteiger partial charge >= 0.3 is 0 Å². The number of rotatable bonds is 1. The molecule has 2 N–H and O–H groups in total. The Morgan fingerprint density at radius 3 is 2.74 bits per heavy atom. The van der Waals surface area contributed by atoms with E-state index in [4.69, 9.17) is 11.0 Å². The van der Waals surface area contributed by atoms with Gasteiger partial charge in [0.05, 0.1) is 11.1 Å². The molecular formula is C15H12N4. The normalized spacial score (nSPS) is 10.5. The number of nitrogens with zero attached hydrogens (tertiary/aromatic N) is 3. The molecule has 0 bridgehead atoms. The van der Waals surface area contributed by atoms with Gasteiger partial charge in [0.15, 0.2) is 0 Å². The van der Waals surface area contributed by atoms with Gasteiger partial charge in [-0.3, -0.25) is 4.57 Å². The van der Waals surface area contributed by atoms with Gasteiger partial charge in [0.2, 0.25) is 5.95 Å². The summed E-state index contributed by atoms with van der Waals surface area (Å²) in [7, 11) is 0. The fraction of sp³-hybridized carbons (Fsp3) is 0.0667. The lowest BCUT2D eigenvalue weighted by atomic mass is 10.2. The lowest BCUT2D eigenvalue weighted by molar-refractivity contribution is 1.10. The van der Waals surface area contributed by atoms with Crippen LogP contribution in [0.4, 0.5) is 5.95 Å². The number of nitrogens with two attached hydrogens (primary N) is 1. The number of imidazole rings is 1. The van der Waals surface area contributed by atoms with Crippen LogP contribution in [0.2, 0.25) is 0 Å². The Balaban J connectivity index is 2.37. The van der Waals surface area contributed by atoms with E-state index in [1.54, 1.807) is 6.07 Å². The van der Waals surface area contributed by atoms with Crippen molar-refractivity contribution in [2.75, 3.05) is 5.73 Å². The minimum atomic E-state index is 0.392. The third-order valence-electron chi connectivity index (χ3n) is 3.09. The van der Waals surface area contributed by atoms with Crippen molar-refractivity contribution in [2.24, 2.45) is 0 Å². The van der Waals surface area contributed by atoms with Crippen molar-refractivity contribution in [2.45, 2.75) is 6.92 Å². The Morgan fingerprint density at radius 2 is 2.00 bits per heavy atom. The lowest BCUT2D eigenvalue weighted by Crippen LogP contribution is -2.00. The molecule has 0 amide bonds. The molecule has 3 rings (SSSR count). The van der Waals surface area contributed by atoms with Crippen LogP contribution in [0.5, 0.6) is 0 Å². The van der Waals surface area contributed by atoms with Gasteiger partial charge in [0.25, 0.3) is 0 Å². The van der Waals surface area contributed by atoms with Crippen LogP contribution in [-0.4, -0.2) is 9.55 Å². The van der Waals surface area contributed by atoms with Gasteiger partial charge in [0.1, 0.15) is 11.6 Å². The van der Waals surface area contributed by atoms with Crippen LogP contribution in [0.25, 0.3) is 16.7 Å². The number of benzene rings is 2. The summed E-state index contributed by atoms with van der Waals surface area (Å²) >= 11 is 0. The third kappa shape index (κ3) is 1.72. The molecule has 3 aromatic rings. The molecule has 0 saturated carbocycles. The number of aromatic nitrogens is 2. The summed E-state index contributed by atoms with van der Waals surface area (Å²) in [5.74, 6) is 0.392. The van der Waals surface area contributed by atoms with Crippen LogP contribution in [0.1, 0.15) is 11.1 Å². The molecule has 0 fully saturated rings. The van der Waals surface area contributed by atoms with E-state index in [-0.39, 0.29) is 0 Å². The van der Waals surface area contributed by atoms with Crippen LogP contribution in [0.3, 0.4) is 0 Å². The topological polar surface area (TPSA) is 67.6 Å². The Morgan fingerprint density at radius 1 is 1.21 bits per heavy atom. The second kappa shape index (κ2) is 4.14. The van der Waals surface area contributed by atoms with Crippen LogP contribution < -0.4 is 5.73 Å². The molecule has 4 nitrogen and oxygen atoms in total. The molecule has 2 aromatic carbocycles. The second-order valence-corrected chi connectivity index (χ2v) is 4.43. The molecule has 1 aromatic heterocycles. The van der Waals surface area contributed by atoms with Gasteiger partial charge in [0, 0.05) is 5.69 Å². The predicted molar refractivity (Wildman–Crippen MR) is 74.9 cm³/mol. The highest BCUT2D eigenvalue weighted by Crippen LogP contribution is 2.25. The molecule has 92 valence electrons. The molecule has 19 heavy (non-hydrogen) atoms. The summed E-state index contributed by atoms with van der Waals surface area (Å²) < 4.78 is 1.86. The van der Waals surface area contributed by atoms with Crippen LogP contribution in [0, 0.1) is 18.3 Å². The average molecular weight is 248 g/mol. The Labute approximate surface area is 110 Å². The fourth-order valence-corrected chi connectivity index (χ4v) is 2.25. The van der Waals surface area contributed by atoms with Gasteiger partial charge in [-0.2, -0.15) is 5.26 Å². The predicted octanol–water partition coefficient (Wildman–Crippen LogP) is 2.79. The Hall–Kier alpha value is -2.80. The van der Waals surface area contributed by atoms with E-state index in [0.29, 0.717) is 17.0 Å². The quantitative estimate of drug-likeness (QED) is 0.720. The zero-order chi connectivity index (χ0) is 13.4. The fourth-order valence-electron chi connectivity index (χ4n) is 2.25. The third-order valence-corrected chi connectivity index (χ3v) is 3.09. The maximum atomic E-state index is 9.11. The number of hydrogen-bond donors (Lipinski definition) is 1. The molecule has 0 aliphatic carbocycles. The summed E-state index contributed by atoms with van der Waals surface area (Å²) in [5, 5.41) is 9.11. The maximum Gasteiger partial charge on any atom is 0.205 e. The molecule has 1 heterocycles. The van der Waals surface area contributed by atoms with Crippen molar-refractivity contribution in [3.63, 3.8) is 0 Å². The molecule has 0 spiro atoms. The van der Waals surface area contributed by atoms with Crippen molar-refractivity contribution in [1.82, 2.24) is 9.55 Å². The van der Waals surface area contributed by atoms with E-state index >= 15 is 0 Å². The van der Waals surface area contributed by atoms with Crippen LogP contribution in [-0.2, 0) is 0 Å². The van der Waals surface area contributed by atoms with E-state index in [1.165, 1.54) is 0 Å². The number of nitriles is 1. The van der Waals surface area contributed by atoms with E-state index < -0.39 is 0 Å². The molecule has 0 unspecified atom stereocenters. The van der Waals surface area contributed by atoms with Gasteiger partial charge < -0.3 is 5.73 Å². The first kappa shape index (κ1) is 11.3. The van der Waals surface area contributed by atoms with E-state index in [2.05, 4.69) is 11.1 Å². The van der Waals surface area contributed by atoms with E-state index in [1.807, 2.05) is 47.9 Å². The molecule has 0 radical (unpaired) electrons. The maximum absolute atomic E-state index is 9.11.